The molecule has 2 fully saturated rings. The minimum absolute atomic E-state index is 0.00605. The number of carbonyl (C=O) groups is 3. The average Bonchev–Trinajstić information content (AvgIpc) is 1.78. The Morgan fingerprint density at radius 3 is 1.29 bits per heavy atom. The maximum Gasteiger partial charge on any atom is 0.253 e. The molecule has 8 heteroatoms. The zero-order valence-corrected chi connectivity index (χ0v) is 59.1. The van der Waals surface area contributed by atoms with Crippen LogP contribution in [0, 0.1) is 47.3 Å². The van der Waals surface area contributed by atoms with E-state index >= 15 is 0 Å². The Bertz CT molecular complexity index is 2200. The molecule has 3 amide bonds. The van der Waals surface area contributed by atoms with Gasteiger partial charge in [0.2, 0.25) is 5.88 Å². The quantitative estimate of drug-likeness (QED) is 0.0390. The summed E-state index contributed by atoms with van der Waals surface area (Å²) in [5, 5.41) is 23.1. The van der Waals surface area contributed by atoms with Gasteiger partial charge >= 0.3 is 0 Å². The van der Waals surface area contributed by atoms with E-state index in [4.69, 9.17) is 0 Å². The van der Waals surface area contributed by atoms with Gasteiger partial charge < -0.3 is 15.1 Å². The maximum atomic E-state index is 14.1. The molecule has 90 heavy (non-hydrogen) atoms. The monoisotopic (exact) mass is 1250 g/mol. The predicted octanol–water partition coefficient (Wildman–Crippen LogP) is 24.0. The topological polar surface area (TPSA) is 103 Å². The molecule has 2 aromatic rings. The number of aromatic nitrogens is 1. The third kappa shape index (κ3) is 29.2. The minimum Gasteiger partial charge on any atom is -0.494 e. The average molecular weight is 1250 g/mol. The fraction of sp³-hybridized carbons (Fsp3) is 0.793. The lowest BCUT2D eigenvalue weighted by atomic mass is 9.61. The van der Waals surface area contributed by atoms with Gasteiger partial charge in [-0.2, -0.15) is 0 Å². The molecule has 5 rings (SSSR count). The number of hydrogen-bond acceptors (Lipinski definition) is 5. The summed E-state index contributed by atoms with van der Waals surface area (Å²) in [5.74, 6) is 6.60. The first-order valence-corrected chi connectivity index (χ1v) is 39.3. The second-order valence-electron chi connectivity index (χ2n) is 29.4. The molecule has 8 atom stereocenters. The molecule has 2 saturated carbocycles. The molecule has 2 heterocycles. The van der Waals surface area contributed by atoms with E-state index in [-0.39, 0.29) is 29.5 Å². The summed E-state index contributed by atoms with van der Waals surface area (Å²) in [7, 11) is 0. The van der Waals surface area contributed by atoms with Gasteiger partial charge in [0.1, 0.15) is 5.69 Å². The van der Waals surface area contributed by atoms with Crippen molar-refractivity contribution in [1.82, 2.24) is 9.47 Å². The normalized spacial score (nSPS) is 21.2. The number of nitrogens with zero attached hydrogens (tertiary/aromatic N) is 3. The van der Waals surface area contributed by atoms with Crippen molar-refractivity contribution < 1.29 is 24.6 Å². The molecule has 1 aromatic heterocycles. The number of anilines is 1. The standard InChI is InChI=1S/C82H139N3O5/c1-6-10-14-18-27-41-53-74-70(49-37-16-12-8-3)58-56-68(5)73(74)52-40-29-21-24-31-44-64-83(78(86)61-57-69-47-35-34-36-48-69)77-67-81(89)85(82(77)90)66-46-33-25-22-30-43-55-76-72(51-39-26-20-23-32-45-65-84-79(87)62-63-80(84)88)60-59-71(50-38-17-13-9-4)75(76)54-42-28-19-15-11-7-2/h34-36,47-48,57,61-63,67-68,70-76,89-90H,6-33,37-46,49-56,58-60,64-66H2,1-5H3. The summed E-state index contributed by atoms with van der Waals surface area (Å²) in [4.78, 5) is 41.2. The van der Waals surface area contributed by atoms with Gasteiger partial charge in [-0.1, -0.05) is 315 Å². The fourth-order valence-corrected chi connectivity index (χ4v) is 17.0. The third-order valence-corrected chi connectivity index (χ3v) is 22.4. The van der Waals surface area contributed by atoms with Gasteiger partial charge in [-0.05, 0) is 123 Å². The second-order valence-corrected chi connectivity index (χ2v) is 29.4. The minimum atomic E-state index is -0.169. The molecule has 0 spiro atoms. The lowest BCUT2D eigenvalue weighted by Crippen LogP contribution is -2.35. The van der Waals surface area contributed by atoms with Gasteiger partial charge in [0, 0.05) is 43.9 Å². The van der Waals surface area contributed by atoms with Crippen LogP contribution >= 0.6 is 0 Å². The van der Waals surface area contributed by atoms with E-state index < -0.39 is 0 Å². The number of hydrogen-bond donors (Lipinski definition) is 2. The van der Waals surface area contributed by atoms with E-state index in [1.807, 2.05) is 36.4 Å². The molecule has 0 radical (unpaired) electrons. The zero-order chi connectivity index (χ0) is 64.2. The van der Waals surface area contributed by atoms with Gasteiger partial charge in [0.15, 0.2) is 5.88 Å². The summed E-state index contributed by atoms with van der Waals surface area (Å²) in [6.45, 7) is 13.5. The van der Waals surface area contributed by atoms with Crippen molar-refractivity contribution in [1.29, 1.82) is 0 Å². The Morgan fingerprint density at radius 2 is 0.822 bits per heavy atom. The van der Waals surface area contributed by atoms with Crippen LogP contribution in [0.1, 0.15) is 355 Å². The molecule has 8 unspecified atom stereocenters. The Kier molecular flexibility index (Phi) is 41.0. The molecule has 2 aliphatic carbocycles. The van der Waals surface area contributed by atoms with Gasteiger partial charge in [0.25, 0.3) is 17.7 Å². The molecule has 0 saturated heterocycles. The van der Waals surface area contributed by atoms with Gasteiger partial charge in [0.05, 0.1) is 0 Å². The SMILES string of the molecule is CCCCCCCCC1C(CCCCCC)CCC(C)C1CCCCCCCCN(C(=O)C=Cc1ccccc1)c1cc(O)n(CCCCCCCCC2C(CCCCCCCCN3C(=O)C=CC3=O)CCC(CCCCCC)C2CCCCCCCC)c1O. The fourth-order valence-electron chi connectivity index (χ4n) is 17.0. The van der Waals surface area contributed by atoms with Crippen LogP contribution in [0.3, 0.4) is 0 Å². The summed E-state index contributed by atoms with van der Waals surface area (Å²) in [6.07, 6.45) is 70.4. The van der Waals surface area contributed by atoms with Crippen molar-refractivity contribution in [2.45, 2.75) is 356 Å². The number of aromatic hydroxyl groups is 2. The van der Waals surface area contributed by atoms with Crippen LogP contribution in [-0.2, 0) is 20.9 Å². The molecule has 512 valence electrons. The van der Waals surface area contributed by atoms with E-state index in [9.17, 15) is 24.6 Å². The summed E-state index contributed by atoms with van der Waals surface area (Å²) >= 11 is 0. The van der Waals surface area contributed by atoms with E-state index in [0.717, 1.165) is 104 Å². The van der Waals surface area contributed by atoms with Gasteiger partial charge in [-0.25, -0.2) is 0 Å². The van der Waals surface area contributed by atoms with Crippen molar-refractivity contribution in [3.63, 3.8) is 0 Å². The highest BCUT2D eigenvalue weighted by molar-refractivity contribution is 6.12. The van der Waals surface area contributed by atoms with Crippen molar-refractivity contribution in [2.24, 2.45) is 47.3 Å². The molecule has 1 aliphatic heterocycles. The molecule has 1 aromatic carbocycles. The number of benzene rings is 1. The summed E-state index contributed by atoms with van der Waals surface area (Å²) in [5.41, 5.74) is 1.37. The van der Waals surface area contributed by atoms with Crippen LogP contribution in [0.4, 0.5) is 5.69 Å². The number of imide groups is 1. The van der Waals surface area contributed by atoms with Crippen LogP contribution in [0.2, 0.25) is 0 Å². The van der Waals surface area contributed by atoms with E-state index in [2.05, 4.69) is 34.6 Å². The predicted molar refractivity (Wildman–Crippen MR) is 384 cm³/mol. The Labute approximate surface area is 553 Å². The summed E-state index contributed by atoms with van der Waals surface area (Å²) in [6, 6.07) is 11.6. The highest BCUT2D eigenvalue weighted by Gasteiger charge is 2.39. The first-order chi connectivity index (χ1) is 44.1. The van der Waals surface area contributed by atoms with Gasteiger partial charge in [-0.3, -0.25) is 23.9 Å². The van der Waals surface area contributed by atoms with Gasteiger partial charge in [-0.15, -0.1) is 0 Å². The summed E-state index contributed by atoms with van der Waals surface area (Å²) < 4.78 is 1.63. The Morgan fingerprint density at radius 1 is 0.456 bits per heavy atom. The second kappa shape index (κ2) is 48.0. The van der Waals surface area contributed by atoms with Crippen LogP contribution in [0.15, 0.2) is 54.6 Å². The van der Waals surface area contributed by atoms with Crippen molar-refractivity contribution in [3.8, 4) is 11.8 Å². The van der Waals surface area contributed by atoms with E-state index in [1.54, 1.807) is 21.6 Å². The highest BCUT2D eigenvalue weighted by Crippen LogP contribution is 2.49. The van der Waals surface area contributed by atoms with Crippen molar-refractivity contribution >= 4 is 29.5 Å². The lowest BCUT2D eigenvalue weighted by Gasteiger charge is -2.44. The lowest BCUT2D eigenvalue weighted by molar-refractivity contribution is -0.136. The number of amides is 3. The molecular formula is C82H139N3O5. The highest BCUT2D eigenvalue weighted by atomic mass is 16.3. The number of unbranched alkanes of at least 4 members (excludes halogenated alkanes) is 31. The van der Waals surface area contributed by atoms with Crippen molar-refractivity contribution in [2.75, 3.05) is 18.0 Å². The number of carbonyl (C=O) groups excluding carboxylic acids is 3. The first-order valence-electron chi connectivity index (χ1n) is 39.3. The molecule has 2 N–H and O–H groups in total. The third-order valence-electron chi connectivity index (χ3n) is 22.4. The van der Waals surface area contributed by atoms with E-state index in [0.29, 0.717) is 25.3 Å². The molecule has 0 bridgehead atoms. The van der Waals surface area contributed by atoms with E-state index in [1.165, 1.54) is 280 Å². The smallest absolute Gasteiger partial charge is 0.253 e. The molecular weight excluding hydrogens is 1110 g/mol. The molecule has 3 aliphatic rings. The maximum absolute atomic E-state index is 14.1. The Balaban J connectivity index is 1.10. The number of rotatable bonds is 54. The van der Waals surface area contributed by atoms with Crippen LogP contribution in [-0.4, -0.2) is 50.5 Å². The van der Waals surface area contributed by atoms with Crippen LogP contribution in [0.5, 0.6) is 11.8 Å². The Hall–Kier alpha value is -3.81. The largest absolute Gasteiger partial charge is 0.494 e. The zero-order valence-electron chi connectivity index (χ0n) is 59.1. The molecule has 8 nitrogen and oxygen atoms in total. The van der Waals surface area contributed by atoms with Crippen molar-refractivity contribution in [3.05, 3.63) is 60.2 Å². The van der Waals surface area contributed by atoms with Crippen LogP contribution in [0.25, 0.3) is 6.08 Å². The van der Waals surface area contributed by atoms with Crippen LogP contribution < -0.4 is 4.90 Å². The first kappa shape index (κ1) is 76.9.